The summed E-state index contributed by atoms with van der Waals surface area (Å²) in [6.45, 7) is 3.47. The van der Waals surface area contributed by atoms with Crippen molar-refractivity contribution in [1.29, 1.82) is 0 Å². The van der Waals surface area contributed by atoms with Crippen LogP contribution >= 0.6 is 0 Å². The van der Waals surface area contributed by atoms with Crippen molar-refractivity contribution in [3.8, 4) is 5.75 Å². The molecule has 3 nitrogen and oxygen atoms in total. The van der Waals surface area contributed by atoms with Crippen molar-refractivity contribution < 1.29 is 9.84 Å². The summed E-state index contributed by atoms with van der Waals surface area (Å²) in [6.07, 6.45) is 1.01. The van der Waals surface area contributed by atoms with Crippen molar-refractivity contribution in [3.05, 3.63) is 29.8 Å². The van der Waals surface area contributed by atoms with Crippen LogP contribution in [0, 0.1) is 5.92 Å². The van der Waals surface area contributed by atoms with Gasteiger partial charge in [0.2, 0.25) is 0 Å². The molecule has 0 amide bonds. The third-order valence-corrected chi connectivity index (χ3v) is 3.37. The summed E-state index contributed by atoms with van der Waals surface area (Å²) in [7, 11) is 0. The van der Waals surface area contributed by atoms with E-state index >= 15 is 0 Å². The first-order valence-electron chi connectivity index (χ1n) is 5.30. The van der Waals surface area contributed by atoms with Crippen LogP contribution in [0.25, 0.3) is 0 Å². The minimum Gasteiger partial charge on any atom is -0.508 e. The molecule has 1 aromatic carbocycles. The smallest absolute Gasteiger partial charge is 0.115 e. The Morgan fingerprint density at radius 2 is 2.13 bits per heavy atom. The number of hydrogen-bond donors (Lipinski definition) is 2. The molecule has 1 aliphatic rings. The highest BCUT2D eigenvalue weighted by atomic mass is 16.5. The van der Waals surface area contributed by atoms with Gasteiger partial charge in [0.25, 0.3) is 0 Å². The summed E-state index contributed by atoms with van der Waals surface area (Å²) in [5.74, 6) is 0.645. The molecule has 0 aromatic heterocycles. The van der Waals surface area contributed by atoms with Crippen LogP contribution < -0.4 is 5.73 Å². The fourth-order valence-corrected chi connectivity index (χ4v) is 2.26. The summed E-state index contributed by atoms with van der Waals surface area (Å²) in [5.41, 5.74) is 6.55. The highest BCUT2D eigenvalue weighted by Gasteiger charge is 2.40. The maximum absolute atomic E-state index is 9.24. The van der Waals surface area contributed by atoms with Crippen LogP contribution in [-0.4, -0.2) is 18.3 Å². The Morgan fingerprint density at radius 3 is 2.73 bits per heavy atom. The Bertz CT molecular complexity index is 336. The van der Waals surface area contributed by atoms with Crippen LogP contribution in [0.5, 0.6) is 5.75 Å². The van der Waals surface area contributed by atoms with Crippen molar-refractivity contribution in [2.45, 2.75) is 18.9 Å². The quantitative estimate of drug-likeness (QED) is 0.774. The molecule has 0 spiro atoms. The standard InChI is InChI=1S/C12H17NO2/c1-12(10(8-13)6-7-15-12)9-2-4-11(14)5-3-9/h2-5,10,14H,6-8,13H2,1H3. The van der Waals surface area contributed by atoms with Crippen molar-refractivity contribution in [2.24, 2.45) is 11.7 Å². The molecular formula is C12H17NO2. The predicted molar refractivity (Wildman–Crippen MR) is 58.6 cm³/mol. The van der Waals surface area contributed by atoms with E-state index in [1.54, 1.807) is 12.1 Å². The average molecular weight is 207 g/mol. The zero-order chi connectivity index (χ0) is 10.9. The Kier molecular flexibility index (Phi) is 2.67. The summed E-state index contributed by atoms with van der Waals surface area (Å²) in [6, 6.07) is 7.19. The van der Waals surface area contributed by atoms with Crippen molar-refractivity contribution in [2.75, 3.05) is 13.2 Å². The van der Waals surface area contributed by atoms with Gasteiger partial charge >= 0.3 is 0 Å². The average Bonchev–Trinajstić information content (AvgIpc) is 2.61. The molecule has 82 valence electrons. The van der Waals surface area contributed by atoms with E-state index in [1.165, 1.54) is 0 Å². The lowest BCUT2D eigenvalue weighted by Crippen LogP contribution is -2.33. The number of aromatic hydroxyl groups is 1. The number of ether oxygens (including phenoxy) is 1. The number of rotatable bonds is 2. The van der Waals surface area contributed by atoms with E-state index in [0.717, 1.165) is 18.6 Å². The molecular weight excluding hydrogens is 190 g/mol. The van der Waals surface area contributed by atoms with Crippen LogP contribution in [0.1, 0.15) is 18.9 Å². The van der Waals surface area contributed by atoms with Gasteiger partial charge in [-0.1, -0.05) is 12.1 Å². The molecule has 0 radical (unpaired) electrons. The largest absolute Gasteiger partial charge is 0.508 e. The summed E-state index contributed by atoms with van der Waals surface area (Å²) in [5, 5.41) is 9.24. The van der Waals surface area contributed by atoms with E-state index in [9.17, 15) is 5.11 Å². The zero-order valence-corrected chi connectivity index (χ0v) is 8.94. The minimum absolute atomic E-state index is 0.282. The van der Waals surface area contributed by atoms with Crippen molar-refractivity contribution in [3.63, 3.8) is 0 Å². The Morgan fingerprint density at radius 1 is 1.47 bits per heavy atom. The number of phenolic OH excluding ortho intramolecular Hbond substituents is 1. The van der Waals surface area contributed by atoms with Gasteiger partial charge in [-0.3, -0.25) is 0 Å². The van der Waals surface area contributed by atoms with Gasteiger partial charge in [-0.05, 0) is 37.6 Å². The van der Waals surface area contributed by atoms with Crippen LogP contribution in [0.2, 0.25) is 0 Å². The Balaban J connectivity index is 2.32. The van der Waals surface area contributed by atoms with Crippen LogP contribution in [0.3, 0.4) is 0 Å². The highest BCUT2D eigenvalue weighted by Crippen LogP contribution is 2.40. The van der Waals surface area contributed by atoms with E-state index in [2.05, 4.69) is 6.92 Å². The zero-order valence-electron chi connectivity index (χ0n) is 8.94. The molecule has 1 aliphatic heterocycles. The SMILES string of the molecule is CC1(c2ccc(O)cc2)OCCC1CN. The molecule has 0 bridgehead atoms. The van der Waals surface area contributed by atoms with Gasteiger partial charge in [0.15, 0.2) is 0 Å². The molecule has 1 aromatic rings. The number of hydrogen-bond acceptors (Lipinski definition) is 3. The molecule has 15 heavy (non-hydrogen) atoms. The van der Waals surface area contributed by atoms with Gasteiger partial charge in [-0.15, -0.1) is 0 Å². The molecule has 0 saturated carbocycles. The Hall–Kier alpha value is -1.06. The topological polar surface area (TPSA) is 55.5 Å². The fraction of sp³-hybridized carbons (Fsp3) is 0.500. The van der Waals surface area contributed by atoms with Crippen molar-refractivity contribution >= 4 is 0 Å². The lowest BCUT2D eigenvalue weighted by molar-refractivity contribution is -0.00793. The van der Waals surface area contributed by atoms with Crippen LogP contribution in [-0.2, 0) is 10.3 Å². The number of nitrogens with two attached hydrogens (primary N) is 1. The first-order valence-corrected chi connectivity index (χ1v) is 5.30. The molecule has 0 aliphatic carbocycles. The fourth-order valence-electron chi connectivity index (χ4n) is 2.26. The van der Waals surface area contributed by atoms with Gasteiger partial charge < -0.3 is 15.6 Å². The van der Waals surface area contributed by atoms with Gasteiger partial charge in [0.1, 0.15) is 5.75 Å². The lowest BCUT2D eigenvalue weighted by Gasteiger charge is -2.30. The second kappa shape index (κ2) is 3.83. The first kappa shape index (κ1) is 10.5. The summed E-state index contributed by atoms with van der Waals surface area (Å²) >= 11 is 0. The van der Waals surface area contributed by atoms with Gasteiger partial charge in [0, 0.05) is 12.5 Å². The molecule has 2 atom stereocenters. The summed E-state index contributed by atoms with van der Waals surface area (Å²) in [4.78, 5) is 0. The van der Waals surface area contributed by atoms with Gasteiger partial charge in [-0.25, -0.2) is 0 Å². The normalized spacial score (nSPS) is 30.7. The summed E-state index contributed by atoms with van der Waals surface area (Å²) < 4.78 is 5.81. The molecule has 3 N–H and O–H groups in total. The number of phenols is 1. The maximum Gasteiger partial charge on any atom is 0.115 e. The third-order valence-electron chi connectivity index (χ3n) is 3.37. The lowest BCUT2D eigenvalue weighted by atomic mass is 9.83. The van der Waals surface area contributed by atoms with Crippen molar-refractivity contribution in [1.82, 2.24) is 0 Å². The second-order valence-corrected chi connectivity index (χ2v) is 4.22. The van der Waals surface area contributed by atoms with Crippen LogP contribution in [0.15, 0.2) is 24.3 Å². The van der Waals surface area contributed by atoms with E-state index in [0.29, 0.717) is 12.5 Å². The minimum atomic E-state index is -0.289. The first-order chi connectivity index (χ1) is 7.16. The monoisotopic (exact) mass is 207 g/mol. The molecule has 3 heteroatoms. The van der Waals surface area contributed by atoms with Gasteiger partial charge in [0.05, 0.1) is 5.60 Å². The third kappa shape index (κ3) is 1.73. The molecule has 2 rings (SSSR count). The van der Waals surface area contributed by atoms with E-state index in [4.69, 9.17) is 10.5 Å². The molecule has 1 heterocycles. The van der Waals surface area contributed by atoms with Gasteiger partial charge in [-0.2, -0.15) is 0 Å². The maximum atomic E-state index is 9.24. The van der Waals surface area contributed by atoms with E-state index in [-0.39, 0.29) is 11.4 Å². The van der Waals surface area contributed by atoms with E-state index < -0.39 is 0 Å². The molecule has 1 fully saturated rings. The second-order valence-electron chi connectivity index (χ2n) is 4.22. The highest BCUT2D eigenvalue weighted by molar-refractivity contribution is 5.30. The van der Waals surface area contributed by atoms with E-state index in [1.807, 2.05) is 12.1 Å². The predicted octanol–water partition coefficient (Wildman–Crippen LogP) is 1.60. The molecule has 2 unspecified atom stereocenters. The number of benzene rings is 1. The Labute approximate surface area is 89.9 Å². The molecule has 1 saturated heterocycles. The van der Waals surface area contributed by atoms with Crippen LogP contribution in [0.4, 0.5) is 0 Å².